The minimum absolute atomic E-state index is 0.0932. The summed E-state index contributed by atoms with van der Waals surface area (Å²) < 4.78 is 5.16. The van der Waals surface area contributed by atoms with Gasteiger partial charge in [0, 0.05) is 19.6 Å². The highest BCUT2D eigenvalue weighted by Gasteiger charge is 2.45. The highest BCUT2D eigenvalue weighted by molar-refractivity contribution is 5.74. The fourth-order valence-corrected chi connectivity index (χ4v) is 3.29. The maximum absolute atomic E-state index is 12.2. The molecule has 0 aliphatic carbocycles. The molecule has 1 aliphatic heterocycles. The molecule has 0 saturated carbocycles. The molecule has 0 spiro atoms. The highest BCUT2D eigenvalue weighted by atomic mass is 16.5. The van der Waals surface area contributed by atoms with Gasteiger partial charge in [0.25, 0.3) is 0 Å². The Morgan fingerprint density at radius 3 is 2.20 bits per heavy atom. The Balaban J connectivity index is 2.70. The zero-order valence-corrected chi connectivity index (χ0v) is 13.7. The van der Waals surface area contributed by atoms with E-state index in [9.17, 15) is 9.90 Å². The van der Waals surface area contributed by atoms with Gasteiger partial charge in [0.05, 0.1) is 18.1 Å². The second kappa shape index (κ2) is 7.41. The molecule has 1 atom stereocenters. The first-order chi connectivity index (χ1) is 9.30. The summed E-state index contributed by atoms with van der Waals surface area (Å²) in [6.45, 7) is 13.3. The fraction of sp³-hybridized carbons (Fsp3) is 0.938. The lowest BCUT2D eigenvalue weighted by Crippen LogP contribution is -2.53. The lowest BCUT2D eigenvalue weighted by molar-refractivity contribution is -0.166. The molecule has 1 unspecified atom stereocenters. The maximum Gasteiger partial charge on any atom is 0.312 e. The van der Waals surface area contributed by atoms with Crippen molar-refractivity contribution in [2.45, 2.75) is 53.1 Å². The summed E-state index contributed by atoms with van der Waals surface area (Å²) in [6, 6.07) is 0. The first-order valence-electron chi connectivity index (χ1n) is 7.91. The molecule has 0 aromatic heterocycles. The second-order valence-electron chi connectivity index (χ2n) is 6.77. The van der Waals surface area contributed by atoms with Crippen LogP contribution in [0.15, 0.2) is 0 Å². The van der Waals surface area contributed by atoms with Crippen molar-refractivity contribution >= 4 is 5.97 Å². The minimum Gasteiger partial charge on any atom is -0.466 e. The van der Waals surface area contributed by atoms with Crippen LogP contribution in [0, 0.1) is 17.8 Å². The Bertz CT molecular complexity index is 307. The number of piperidine rings is 1. The number of carbonyl (C=O) groups is 1. The van der Waals surface area contributed by atoms with E-state index in [1.54, 1.807) is 0 Å². The molecule has 1 rings (SSSR count). The van der Waals surface area contributed by atoms with E-state index in [1.807, 2.05) is 20.8 Å². The third-order valence-corrected chi connectivity index (χ3v) is 4.13. The van der Waals surface area contributed by atoms with Crippen molar-refractivity contribution in [2.75, 3.05) is 26.2 Å². The van der Waals surface area contributed by atoms with Crippen molar-refractivity contribution in [3.8, 4) is 0 Å². The minimum atomic E-state index is -0.909. The Morgan fingerprint density at radius 2 is 1.80 bits per heavy atom. The molecule has 0 radical (unpaired) electrons. The SMILES string of the molecule is CCOC(=O)C(C(C)C)C1(O)CCN(CC(C)C)CC1. The molecule has 0 aromatic rings. The van der Waals surface area contributed by atoms with Crippen molar-refractivity contribution in [3.63, 3.8) is 0 Å². The van der Waals surface area contributed by atoms with Crippen molar-refractivity contribution < 1.29 is 14.6 Å². The van der Waals surface area contributed by atoms with Crippen LogP contribution in [0.3, 0.4) is 0 Å². The Kier molecular flexibility index (Phi) is 6.46. The van der Waals surface area contributed by atoms with E-state index >= 15 is 0 Å². The number of hydrogen-bond donors (Lipinski definition) is 1. The standard InChI is InChI=1S/C16H31NO3/c1-6-20-15(18)14(13(4)5)16(19)7-9-17(10-8-16)11-12(2)3/h12-14,19H,6-11H2,1-5H3. The third-order valence-electron chi connectivity index (χ3n) is 4.13. The van der Waals surface area contributed by atoms with Crippen LogP contribution in [0.4, 0.5) is 0 Å². The number of ether oxygens (including phenoxy) is 1. The third kappa shape index (κ3) is 4.45. The van der Waals surface area contributed by atoms with Gasteiger partial charge in [0.2, 0.25) is 0 Å². The van der Waals surface area contributed by atoms with E-state index in [1.165, 1.54) is 0 Å². The van der Waals surface area contributed by atoms with Gasteiger partial charge in [-0.15, -0.1) is 0 Å². The van der Waals surface area contributed by atoms with Gasteiger partial charge in [0.15, 0.2) is 0 Å². The lowest BCUT2D eigenvalue weighted by Gasteiger charge is -2.43. The number of hydrogen-bond acceptors (Lipinski definition) is 4. The van der Waals surface area contributed by atoms with Crippen molar-refractivity contribution in [1.82, 2.24) is 4.90 Å². The van der Waals surface area contributed by atoms with Crippen LogP contribution < -0.4 is 0 Å². The topological polar surface area (TPSA) is 49.8 Å². The van der Waals surface area contributed by atoms with Crippen LogP contribution in [0.1, 0.15) is 47.5 Å². The summed E-state index contributed by atoms with van der Waals surface area (Å²) in [5.74, 6) is 0.0637. The number of esters is 1. The van der Waals surface area contributed by atoms with E-state index in [0.29, 0.717) is 25.4 Å². The average molecular weight is 285 g/mol. The molecule has 0 aromatic carbocycles. The predicted molar refractivity (Wildman–Crippen MR) is 80.4 cm³/mol. The summed E-state index contributed by atoms with van der Waals surface area (Å²) in [5, 5.41) is 10.9. The molecule has 4 nitrogen and oxygen atoms in total. The molecule has 0 amide bonds. The Morgan fingerprint density at radius 1 is 1.25 bits per heavy atom. The van der Waals surface area contributed by atoms with Gasteiger partial charge in [-0.05, 0) is 31.6 Å². The molecule has 1 fully saturated rings. The van der Waals surface area contributed by atoms with Gasteiger partial charge in [0.1, 0.15) is 0 Å². The quantitative estimate of drug-likeness (QED) is 0.761. The molecular weight excluding hydrogens is 254 g/mol. The zero-order valence-electron chi connectivity index (χ0n) is 13.7. The molecule has 1 heterocycles. The van der Waals surface area contributed by atoms with Crippen LogP contribution >= 0.6 is 0 Å². The van der Waals surface area contributed by atoms with Crippen molar-refractivity contribution in [2.24, 2.45) is 17.8 Å². The first-order valence-corrected chi connectivity index (χ1v) is 7.91. The molecule has 1 aliphatic rings. The van der Waals surface area contributed by atoms with Gasteiger partial charge < -0.3 is 14.7 Å². The number of likely N-dealkylation sites (tertiary alicyclic amines) is 1. The Labute approximate surface area is 123 Å². The van der Waals surface area contributed by atoms with Gasteiger partial charge in [-0.2, -0.15) is 0 Å². The smallest absolute Gasteiger partial charge is 0.312 e. The highest BCUT2D eigenvalue weighted by Crippen LogP contribution is 2.35. The monoisotopic (exact) mass is 285 g/mol. The van der Waals surface area contributed by atoms with Crippen LogP contribution in [-0.4, -0.2) is 47.8 Å². The fourth-order valence-electron chi connectivity index (χ4n) is 3.29. The number of aliphatic hydroxyl groups is 1. The maximum atomic E-state index is 12.2. The van der Waals surface area contributed by atoms with Crippen LogP contribution in [0.25, 0.3) is 0 Å². The Hall–Kier alpha value is -0.610. The number of nitrogens with zero attached hydrogens (tertiary/aromatic N) is 1. The second-order valence-corrected chi connectivity index (χ2v) is 6.77. The van der Waals surface area contributed by atoms with Crippen LogP contribution in [-0.2, 0) is 9.53 Å². The normalized spacial score (nSPS) is 21.2. The number of carbonyl (C=O) groups excluding carboxylic acids is 1. The molecule has 20 heavy (non-hydrogen) atoms. The molecule has 4 heteroatoms. The summed E-state index contributed by atoms with van der Waals surface area (Å²) in [7, 11) is 0. The largest absolute Gasteiger partial charge is 0.466 e. The summed E-state index contributed by atoms with van der Waals surface area (Å²) >= 11 is 0. The summed E-state index contributed by atoms with van der Waals surface area (Å²) in [4.78, 5) is 14.5. The summed E-state index contributed by atoms with van der Waals surface area (Å²) in [6.07, 6.45) is 1.31. The van der Waals surface area contributed by atoms with Crippen LogP contribution in [0.2, 0.25) is 0 Å². The molecule has 1 saturated heterocycles. The van der Waals surface area contributed by atoms with Gasteiger partial charge in [-0.25, -0.2) is 0 Å². The van der Waals surface area contributed by atoms with E-state index < -0.39 is 11.5 Å². The van der Waals surface area contributed by atoms with E-state index in [4.69, 9.17) is 4.74 Å². The lowest BCUT2D eigenvalue weighted by atomic mass is 9.74. The zero-order chi connectivity index (χ0) is 15.3. The van der Waals surface area contributed by atoms with E-state index in [2.05, 4.69) is 18.7 Å². The van der Waals surface area contributed by atoms with Crippen molar-refractivity contribution in [3.05, 3.63) is 0 Å². The predicted octanol–water partition coefficient (Wildman–Crippen LogP) is 2.30. The van der Waals surface area contributed by atoms with E-state index in [-0.39, 0.29) is 11.9 Å². The van der Waals surface area contributed by atoms with Gasteiger partial charge in [-0.3, -0.25) is 4.79 Å². The van der Waals surface area contributed by atoms with Crippen LogP contribution in [0.5, 0.6) is 0 Å². The van der Waals surface area contributed by atoms with E-state index in [0.717, 1.165) is 19.6 Å². The van der Waals surface area contributed by atoms with Gasteiger partial charge >= 0.3 is 5.97 Å². The molecule has 1 N–H and O–H groups in total. The average Bonchev–Trinajstić information content (AvgIpc) is 2.31. The van der Waals surface area contributed by atoms with Crippen molar-refractivity contribution in [1.29, 1.82) is 0 Å². The molecule has 0 bridgehead atoms. The van der Waals surface area contributed by atoms with Gasteiger partial charge in [-0.1, -0.05) is 27.7 Å². The molecular formula is C16H31NO3. The molecule has 118 valence electrons. The first kappa shape index (κ1) is 17.4. The number of rotatable bonds is 6. The summed E-state index contributed by atoms with van der Waals surface area (Å²) in [5.41, 5.74) is -0.909.